The molecule has 3 aromatic carbocycles. The van der Waals surface area contributed by atoms with E-state index in [0.29, 0.717) is 41.5 Å². The second-order valence-electron chi connectivity index (χ2n) is 8.94. The molecule has 3 aromatic rings. The highest BCUT2D eigenvalue weighted by Gasteiger charge is 2.47. The fourth-order valence-electron chi connectivity index (χ4n) is 4.46. The van der Waals surface area contributed by atoms with Crippen LogP contribution in [0.15, 0.2) is 78.4 Å². The zero-order valence-corrected chi connectivity index (χ0v) is 20.3. The van der Waals surface area contributed by atoms with E-state index in [-0.39, 0.29) is 23.0 Å². The minimum atomic E-state index is -0.925. The molecular formula is C29H25NO7. The molecule has 8 heteroatoms. The quantitative estimate of drug-likeness (QED) is 0.236. The van der Waals surface area contributed by atoms with Crippen LogP contribution in [0.25, 0.3) is 5.76 Å². The van der Waals surface area contributed by atoms with Crippen molar-refractivity contribution in [3.05, 3.63) is 95.1 Å². The lowest BCUT2D eigenvalue weighted by Crippen LogP contribution is -2.29. The molecule has 0 bridgehead atoms. The number of hydrogen-bond donors (Lipinski definition) is 1. The number of nitrogens with zero attached hydrogens (tertiary/aromatic N) is 1. The van der Waals surface area contributed by atoms with Gasteiger partial charge in [0.15, 0.2) is 11.5 Å². The fourth-order valence-corrected chi connectivity index (χ4v) is 4.46. The van der Waals surface area contributed by atoms with E-state index in [1.807, 2.05) is 6.07 Å². The lowest BCUT2D eigenvalue weighted by atomic mass is 9.95. The van der Waals surface area contributed by atoms with Crippen molar-refractivity contribution in [2.45, 2.75) is 26.0 Å². The summed E-state index contributed by atoms with van der Waals surface area (Å²) >= 11 is 0. The summed E-state index contributed by atoms with van der Waals surface area (Å²) in [6, 6.07) is 19.2. The van der Waals surface area contributed by atoms with Crippen LogP contribution in [0.4, 0.5) is 5.69 Å². The third-order valence-electron chi connectivity index (χ3n) is 6.08. The van der Waals surface area contributed by atoms with Crippen molar-refractivity contribution in [2.75, 3.05) is 18.1 Å². The Balaban J connectivity index is 1.64. The zero-order chi connectivity index (χ0) is 26.1. The molecule has 2 heterocycles. The summed E-state index contributed by atoms with van der Waals surface area (Å²) in [6.07, 6.45) is -0.319. The smallest absolute Gasteiger partial charge is 0.338 e. The molecule has 1 amide bonds. The molecule has 1 N–H and O–H groups in total. The molecule has 0 aliphatic carbocycles. The average Bonchev–Trinajstić information content (AvgIpc) is 3.18. The van der Waals surface area contributed by atoms with Gasteiger partial charge in [-0.2, -0.15) is 0 Å². The van der Waals surface area contributed by atoms with E-state index in [4.69, 9.17) is 14.2 Å². The predicted octanol–water partition coefficient (Wildman–Crippen LogP) is 4.65. The molecule has 1 fully saturated rings. The van der Waals surface area contributed by atoms with Crippen LogP contribution in [0.5, 0.6) is 11.5 Å². The van der Waals surface area contributed by atoms with Crippen LogP contribution in [0.2, 0.25) is 0 Å². The number of anilines is 1. The number of ketones is 1. The lowest BCUT2D eigenvalue weighted by Gasteiger charge is -2.26. The van der Waals surface area contributed by atoms with Gasteiger partial charge < -0.3 is 19.3 Å². The Hall–Kier alpha value is -4.59. The van der Waals surface area contributed by atoms with Gasteiger partial charge in [0.05, 0.1) is 23.3 Å². The molecule has 1 saturated heterocycles. The van der Waals surface area contributed by atoms with Crippen molar-refractivity contribution in [3.8, 4) is 11.5 Å². The highest BCUT2D eigenvalue weighted by atomic mass is 16.6. The van der Waals surface area contributed by atoms with Gasteiger partial charge in [-0.15, -0.1) is 0 Å². The van der Waals surface area contributed by atoms with Crippen LogP contribution in [-0.4, -0.2) is 42.1 Å². The number of hydrogen-bond acceptors (Lipinski definition) is 7. The third-order valence-corrected chi connectivity index (χ3v) is 6.08. The number of rotatable bonds is 5. The average molecular weight is 500 g/mol. The van der Waals surface area contributed by atoms with Crippen molar-refractivity contribution >= 4 is 29.1 Å². The summed E-state index contributed by atoms with van der Waals surface area (Å²) in [6.45, 7) is 4.27. The number of carbonyl (C=O) groups excluding carboxylic acids is 3. The standard InChI is InChI=1S/C29H25NO7/c1-17(2)37-29(34)20-9-6-10-21(15-20)30-25(18-7-4-3-5-8-18)24(27(32)28(30)33)26(31)19-11-12-22-23(16-19)36-14-13-35-22/h3-12,15-17,25,31H,13-14H2,1-2H3/b26-24-. The van der Waals surface area contributed by atoms with Crippen LogP contribution in [0.1, 0.15) is 41.4 Å². The largest absolute Gasteiger partial charge is 0.507 e. The highest BCUT2D eigenvalue weighted by Crippen LogP contribution is 2.43. The normalized spacial score (nSPS) is 18.2. The fraction of sp³-hybridized carbons (Fsp3) is 0.207. The molecule has 5 rings (SSSR count). The van der Waals surface area contributed by atoms with Crippen LogP contribution in [-0.2, 0) is 14.3 Å². The van der Waals surface area contributed by atoms with Crippen LogP contribution < -0.4 is 14.4 Å². The van der Waals surface area contributed by atoms with Gasteiger partial charge in [0.25, 0.3) is 11.7 Å². The van der Waals surface area contributed by atoms with E-state index >= 15 is 0 Å². The highest BCUT2D eigenvalue weighted by molar-refractivity contribution is 6.51. The molecular weight excluding hydrogens is 474 g/mol. The number of aliphatic hydroxyl groups is 1. The number of esters is 1. The first-order valence-corrected chi connectivity index (χ1v) is 11.9. The molecule has 0 aromatic heterocycles. The number of ether oxygens (including phenoxy) is 3. The van der Waals surface area contributed by atoms with Gasteiger partial charge in [0.2, 0.25) is 0 Å². The SMILES string of the molecule is CC(C)OC(=O)c1cccc(N2C(=O)C(=O)/C(=C(\O)c3ccc4c(c3)OCCO4)C2c2ccccc2)c1. The molecule has 1 unspecified atom stereocenters. The number of benzene rings is 3. The minimum Gasteiger partial charge on any atom is -0.507 e. The van der Waals surface area contributed by atoms with Crippen molar-refractivity contribution < 1.29 is 33.7 Å². The van der Waals surface area contributed by atoms with Crippen molar-refractivity contribution in [3.63, 3.8) is 0 Å². The van der Waals surface area contributed by atoms with Gasteiger partial charge in [0.1, 0.15) is 19.0 Å². The monoisotopic (exact) mass is 499 g/mol. The van der Waals surface area contributed by atoms with E-state index in [0.717, 1.165) is 0 Å². The molecule has 0 saturated carbocycles. The first kappa shape index (κ1) is 24.1. The first-order valence-electron chi connectivity index (χ1n) is 11.9. The van der Waals surface area contributed by atoms with Crippen LogP contribution in [0, 0.1) is 0 Å². The van der Waals surface area contributed by atoms with Crippen molar-refractivity contribution in [2.24, 2.45) is 0 Å². The number of carbonyl (C=O) groups is 3. The van der Waals surface area contributed by atoms with Gasteiger partial charge in [-0.25, -0.2) is 4.79 Å². The topological polar surface area (TPSA) is 102 Å². The number of aliphatic hydroxyl groups excluding tert-OH is 1. The maximum absolute atomic E-state index is 13.4. The minimum absolute atomic E-state index is 0.0666. The zero-order valence-electron chi connectivity index (χ0n) is 20.3. The molecule has 188 valence electrons. The van der Waals surface area contributed by atoms with Crippen LogP contribution >= 0.6 is 0 Å². The molecule has 2 aliphatic rings. The second kappa shape index (κ2) is 9.81. The Morgan fingerprint density at radius 3 is 2.38 bits per heavy atom. The molecule has 2 aliphatic heterocycles. The van der Waals surface area contributed by atoms with Gasteiger partial charge >= 0.3 is 5.97 Å². The van der Waals surface area contributed by atoms with Gasteiger partial charge in [-0.05, 0) is 55.8 Å². The Morgan fingerprint density at radius 1 is 0.919 bits per heavy atom. The third kappa shape index (κ3) is 4.53. The van der Waals surface area contributed by atoms with E-state index < -0.39 is 23.7 Å². The van der Waals surface area contributed by atoms with Crippen LogP contribution in [0.3, 0.4) is 0 Å². The number of Topliss-reactive ketones (excluding diaryl/α,β-unsaturated/α-hetero) is 1. The summed E-state index contributed by atoms with van der Waals surface area (Å²) < 4.78 is 16.5. The molecule has 37 heavy (non-hydrogen) atoms. The maximum atomic E-state index is 13.4. The van der Waals surface area contributed by atoms with Gasteiger partial charge in [0, 0.05) is 11.3 Å². The summed E-state index contributed by atoms with van der Waals surface area (Å²) in [5.74, 6) is -1.55. The van der Waals surface area contributed by atoms with Gasteiger partial charge in [-0.1, -0.05) is 36.4 Å². The first-order chi connectivity index (χ1) is 17.8. The Morgan fingerprint density at radius 2 is 1.65 bits per heavy atom. The summed E-state index contributed by atoms with van der Waals surface area (Å²) in [7, 11) is 0. The maximum Gasteiger partial charge on any atom is 0.338 e. The summed E-state index contributed by atoms with van der Waals surface area (Å²) in [4.78, 5) is 40.6. The van der Waals surface area contributed by atoms with Crippen molar-refractivity contribution in [1.82, 2.24) is 0 Å². The van der Waals surface area contributed by atoms with E-state index in [1.54, 1.807) is 74.5 Å². The molecule has 1 atom stereocenters. The Labute approximate surface area is 213 Å². The lowest BCUT2D eigenvalue weighted by molar-refractivity contribution is -0.132. The molecule has 0 spiro atoms. The second-order valence-corrected chi connectivity index (χ2v) is 8.94. The van der Waals surface area contributed by atoms with Crippen molar-refractivity contribution in [1.29, 1.82) is 0 Å². The molecule has 8 nitrogen and oxygen atoms in total. The van der Waals surface area contributed by atoms with E-state index in [2.05, 4.69) is 0 Å². The summed E-state index contributed by atoms with van der Waals surface area (Å²) in [5.41, 5.74) is 1.44. The predicted molar refractivity (Wildman–Crippen MR) is 136 cm³/mol. The van der Waals surface area contributed by atoms with Gasteiger partial charge in [-0.3, -0.25) is 14.5 Å². The number of fused-ring (bicyclic) bond motifs is 1. The Bertz CT molecular complexity index is 1410. The number of amides is 1. The van der Waals surface area contributed by atoms with E-state index in [9.17, 15) is 19.5 Å². The summed E-state index contributed by atoms with van der Waals surface area (Å²) in [5, 5.41) is 11.4. The van der Waals surface area contributed by atoms with E-state index in [1.165, 1.54) is 11.0 Å². The Kier molecular flexibility index (Phi) is 6.40. The molecule has 0 radical (unpaired) electrons.